The van der Waals surface area contributed by atoms with Crippen LogP contribution in [0.5, 0.6) is 0 Å². The van der Waals surface area contributed by atoms with Crippen molar-refractivity contribution in [3.63, 3.8) is 0 Å². The standard InChI is InChI=1S/C25H17NS/c1-26-22-10-6-5-9-18(22)19-15-25-21(14-23(19)26)20-13-17(11-12-24(20)27-25)16-7-3-2-4-8-16/h2-15H,1H3. The molecule has 0 spiro atoms. The highest BCUT2D eigenvalue weighted by molar-refractivity contribution is 7.25. The lowest BCUT2D eigenvalue weighted by Crippen LogP contribution is -1.85. The Morgan fingerprint density at radius 1 is 0.556 bits per heavy atom. The zero-order valence-corrected chi connectivity index (χ0v) is 15.8. The Labute approximate surface area is 161 Å². The summed E-state index contributed by atoms with van der Waals surface area (Å²) in [6.07, 6.45) is 0. The van der Waals surface area contributed by atoms with Crippen LogP contribution in [0.3, 0.4) is 0 Å². The molecule has 0 fully saturated rings. The van der Waals surface area contributed by atoms with E-state index in [1.807, 2.05) is 11.3 Å². The van der Waals surface area contributed by atoms with Gasteiger partial charge in [0.15, 0.2) is 0 Å². The molecule has 0 aliphatic carbocycles. The highest BCUT2D eigenvalue weighted by Gasteiger charge is 2.13. The predicted octanol–water partition coefficient (Wildman–Crippen LogP) is 7.37. The summed E-state index contributed by atoms with van der Waals surface area (Å²) in [6.45, 7) is 0. The molecular formula is C25H17NS. The molecule has 4 aromatic carbocycles. The monoisotopic (exact) mass is 363 g/mol. The van der Waals surface area contributed by atoms with Crippen LogP contribution in [-0.4, -0.2) is 4.57 Å². The maximum absolute atomic E-state index is 2.37. The van der Waals surface area contributed by atoms with E-state index in [9.17, 15) is 0 Å². The number of aryl methyl sites for hydroxylation is 1. The number of hydrogen-bond donors (Lipinski definition) is 0. The van der Waals surface area contributed by atoms with E-state index in [0.29, 0.717) is 0 Å². The molecule has 0 radical (unpaired) electrons. The fourth-order valence-electron chi connectivity index (χ4n) is 4.24. The topological polar surface area (TPSA) is 4.93 Å². The summed E-state index contributed by atoms with van der Waals surface area (Å²) >= 11 is 1.89. The molecule has 0 amide bonds. The van der Waals surface area contributed by atoms with Crippen molar-refractivity contribution in [2.75, 3.05) is 0 Å². The Bertz CT molecular complexity index is 1470. The lowest BCUT2D eigenvalue weighted by Gasteiger charge is -2.02. The summed E-state index contributed by atoms with van der Waals surface area (Å²) in [6, 6.07) is 30.9. The van der Waals surface area contributed by atoms with Crippen LogP contribution in [0, 0.1) is 0 Å². The molecule has 27 heavy (non-hydrogen) atoms. The molecule has 1 nitrogen and oxygen atoms in total. The van der Waals surface area contributed by atoms with Gasteiger partial charge in [0.05, 0.1) is 0 Å². The third kappa shape index (κ3) is 2.11. The summed E-state index contributed by atoms with van der Waals surface area (Å²) in [5, 5.41) is 5.38. The van der Waals surface area contributed by atoms with Gasteiger partial charge in [0.25, 0.3) is 0 Å². The van der Waals surface area contributed by atoms with Gasteiger partial charge in [-0.15, -0.1) is 11.3 Å². The lowest BCUT2D eigenvalue weighted by molar-refractivity contribution is 1.02. The van der Waals surface area contributed by atoms with Gasteiger partial charge in [-0.1, -0.05) is 54.6 Å². The normalized spacial score (nSPS) is 11.9. The first-order chi connectivity index (χ1) is 13.3. The third-order valence-electron chi connectivity index (χ3n) is 5.61. The van der Waals surface area contributed by atoms with Crippen LogP contribution >= 0.6 is 11.3 Å². The second-order valence-corrected chi connectivity index (χ2v) is 8.20. The van der Waals surface area contributed by atoms with Crippen molar-refractivity contribution in [1.82, 2.24) is 4.57 Å². The average Bonchev–Trinajstić information content (AvgIpc) is 3.22. The molecule has 0 saturated carbocycles. The lowest BCUT2D eigenvalue weighted by atomic mass is 10.0. The maximum atomic E-state index is 2.37. The predicted molar refractivity (Wildman–Crippen MR) is 119 cm³/mol. The smallest absolute Gasteiger partial charge is 0.0495 e. The van der Waals surface area contributed by atoms with Gasteiger partial charge in [-0.3, -0.25) is 0 Å². The number of nitrogens with zero attached hydrogens (tertiary/aromatic N) is 1. The van der Waals surface area contributed by atoms with E-state index in [1.54, 1.807) is 0 Å². The first-order valence-electron chi connectivity index (χ1n) is 9.18. The van der Waals surface area contributed by atoms with Gasteiger partial charge in [0.1, 0.15) is 0 Å². The van der Waals surface area contributed by atoms with Crippen LogP contribution in [0.15, 0.2) is 84.9 Å². The number of hydrogen-bond acceptors (Lipinski definition) is 1. The van der Waals surface area contributed by atoms with E-state index in [4.69, 9.17) is 0 Å². The molecule has 128 valence electrons. The second kappa shape index (κ2) is 5.45. The van der Waals surface area contributed by atoms with Crippen molar-refractivity contribution in [2.45, 2.75) is 0 Å². The maximum Gasteiger partial charge on any atom is 0.0495 e. The zero-order valence-electron chi connectivity index (χ0n) is 14.9. The summed E-state index contributed by atoms with van der Waals surface area (Å²) < 4.78 is 5.03. The number of rotatable bonds is 1. The number of benzene rings is 4. The van der Waals surface area contributed by atoms with E-state index in [-0.39, 0.29) is 0 Å². The van der Waals surface area contributed by atoms with Gasteiger partial charge in [0.2, 0.25) is 0 Å². The fourth-order valence-corrected chi connectivity index (χ4v) is 5.35. The van der Waals surface area contributed by atoms with Crippen LogP contribution in [0.4, 0.5) is 0 Å². The molecule has 2 aromatic heterocycles. The van der Waals surface area contributed by atoms with Crippen LogP contribution in [0.1, 0.15) is 0 Å². The Morgan fingerprint density at radius 3 is 2.22 bits per heavy atom. The van der Waals surface area contributed by atoms with Gasteiger partial charge < -0.3 is 4.57 Å². The second-order valence-electron chi connectivity index (χ2n) is 7.12. The Balaban J connectivity index is 1.71. The van der Waals surface area contributed by atoms with E-state index in [0.717, 1.165) is 0 Å². The minimum atomic E-state index is 1.27. The van der Waals surface area contributed by atoms with Crippen molar-refractivity contribution in [2.24, 2.45) is 7.05 Å². The van der Waals surface area contributed by atoms with Crippen molar-refractivity contribution >= 4 is 53.3 Å². The number of fused-ring (bicyclic) bond motifs is 6. The zero-order chi connectivity index (χ0) is 18.0. The van der Waals surface area contributed by atoms with Crippen molar-refractivity contribution in [3.05, 3.63) is 84.9 Å². The number of thiophene rings is 1. The van der Waals surface area contributed by atoms with Gasteiger partial charge in [-0.2, -0.15) is 0 Å². The fraction of sp³-hybridized carbons (Fsp3) is 0.0400. The minimum absolute atomic E-state index is 1.27. The van der Waals surface area contributed by atoms with Crippen LogP contribution in [-0.2, 0) is 7.05 Å². The molecule has 0 atom stereocenters. The molecule has 0 aliphatic rings. The van der Waals surface area contributed by atoms with Crippen molar-refractivity contribution < 1.29 is 0 Å². The minimum Gasteiger partial charge on any atom is -0.344 e. The first-order valence-corrected chi connectivity index (χ1v) is 10.00. The highest BCUT2D eigenvalue weighted by Crippen LogP contribution is 2.40. The Morgan fingerprint density at radius 2 is 1.33 bits per heavy atom. The quantitative estimate of drug-likeness (QED) is 0.287. The number of aromatic nitrogens is 1. The molecule has 0 bridgehead atoms. The SMILES string of the molecule is Cn1c2ccccc2c2cc3sc4ccc(-c5ccccc5)cc4c3cc21. The summed E-state index contributed by atoms with van der Waals surface area (Å²) in [7, 11) is 2.17. The number of para-hydroxylation sites is 1. The average molecular weight is 363 g/mol. The molecule has 6 aromatic rings. The van der Waals surface area contributed by atoms with Crippen LogP contribution in [0.2, 0.25) is 0 Å². The first kappa shape index (κ1) is 15.0. The van der Waals surface area contributed by atoms with E-state index in [2.05, 4.69) is 96.5 Å². The molecule has 2 heteroatoms. The summed E-state index contributed by atoms with van der Waals surface area (Å²) in [5.74, 6) is 0. The van der Waals surface area contributed by atoms with Crippen LogP contribution in [0.25, 0.3) is 53.1 Å². The third-order valence-corrected chi connectivity index (χ3v) is 6.75. The molecule has 0 saturated heterocycles. The largest absolute Gasteiger partial charge is 0.344 e. The van der Waals surface area contributed by atoms with E-state index >= 15 is 0 Å². The molecule has 0 aliphatic heterocycles. The van der Waals surface area contributed by atoms with Crippen molar-refractivity contribution in [1.29, 1.82) is 0 Å². The Hall–Kier alpha value is -3.10. The van der Waals surface area contributed by atoms with Crippen LogP contribution < -0.4 is 0 Å². The molecule has 0 unspecified atom stereocenters. The molecule has 2 heterocycles. The summed E-state index contributed by atoms with van der Waals surface area (Å²) in [4.78, 5) is 0. The molecule has 6 rings (SSSR count). The van der Waals surface area contributed by atoms with Gasteiger partial charge in [-0.25, -0.2) is 0 Å². The molecular weight excluding hydrogens is 346 g/mol. The van der Waals surface area contributed by atoms with E-state index in [1.165, 1.54) is 53.1 Å². The highest BCUT2D eigenvalue weighted by atomic mass is 32.1. The molecule has 0 N–H and O–H groups in total. The Kier molecular flexibility index (Phi) is 3.03. The van der Waals surface area contributed by atoms with Gasteiger partial charge in [-0.05, 0) is 41.5 Å². The van der Waals surface area contributed by atoms with Gasteiger partial charge >= 0.3 is 0 Å². The van der Waals surface area contributed by atoms with Crippen molar-refractivity contribution in [3.8, 4) is 11.1 Å². The van der Waals surface area contributed by atoms with Gasteiger partial charge in [0, 0.05) is 49.0 Å². The van der Waals surface area contributed by atoms with E-state index < -0.39 is 0 Å². The summed E-state index contributed by atoms with van der Waals surface area (Å²) in [5.41, 5.74) is 5.14.